The van der Waals surface area contributed by atoms with Gasteiger partial charge in [-0.3, -0.25) is 4.79 Å². The van der Waals surface area contributed by atoms with Crippen LogP contribution < -0.4 is 11.1 Å². The Hall–Kier alpha value is -0.680. The molecule has 17 heavy (non-hydrogen) atoms. The van der Waals surface area contributed by atoms with Crippen LogP contribution in [0, 0.1) is 0 Å². The zero-order valence-electron chi connectivity index (χ0n) is 9.41. The van der Waals surface area contributed by atoms with E-state index in [1.165, 1.54) is 0 Å². The van der Waals surface area contributed by atoms with E-state index in [0.29, 0.717) is 17.3 Å². The van der Waals surface area contributed by atoms with Gasteiger partial charge >= 0.3 is 0 Å². The summed E-state index contributed by atoms with van der Waals surface area (Å²) in [6.45, 7) is 0. The Morgan fingerprint density at radius 2 is 2.12 bits per heavy atom. The summed E-state index contributed by atoms with van der Waals surface area (Å²) in [4.78, 5) is 12.1. The number of rotatable bonds is 2. The first-order valence-corrected chi connectivity index (χ1v) is 7.55. The number of anilines is 1. The van der Waals surface area contributed by atoms with E-state index in [1.54, 1.807) is 18.2 Å². The first kappa shape index (κ1) is 12.8. The molecule has 1 fully saturated rings. The monoisotopic (exact) mass is 314 g/mol. The van der Waals surface area contributed by atoms with Crippen molar-refractivity contribution in [2.24, 2.45) is 0 Å². The molecule has 3 N–H and O–H groups in total. The maximum absolute atomic E-state index is 12.1. The number of carbonyl (C=O) groups excluding carboxylic acids is 1. The number of halogens is 1. The molecule has 0 aromatic heterocycles. The summed E-state index contributed by atoms with van der Waals surface area (Å²) in [5, 5.41) is 3.07. The van der Waals surface area contributed by atoms with E-state index < -0.39 is 0 Å². The van der Waals surface area contributed by atoms with Gasteiger partial charge in [-0.1, -0.05) is 0 Å². The molecule has 0 atom stereocenters. The lowest BCUT2D eigenvalue weighted by Gasteiger charge is -2.22. The normalized spacial score (nSPS) is 16.8. The van der Waals surface area contributed by atoms with Gasteiger partial charge in [0, 0.05) is 16.2 Å². The lowest BCUT2D eigenvalue weighted by molar-refractivity contribution is 0.0934. The lowest BCUT2D eigenvalue weighted by atomic mass is 10.1. The molecular weight excluding hydrogens is 300 g/mol. The summed E-state index contributed by atoms with van der Waals surface area (Å²) < 4.78 is 0.786. The maximum atomic E-state index is 12.1. The van der Waals surface area contributed by atoms with Gasteiger partial charge in [-0.2, -0.15) is 11.8 Å². The average molecular weight is 315 g/mol. The standard InChI is InChI=1S/C12H15BrN2OS/c13-11-2-1-8(14)7-10(11)12(16)15-9-3-5-17-6-4-9/h1-2,7,9H,3-6,14H2,(H,15,16). The Balaban J connectivity index is 2.05. The number of hydrogen-bond acceptors (Lipinski definition) is 3. The minimum Gasteiger partial charge on any atom is -0.399 e. The molecule has 1 aromatic rings. The number of benzene rings is 1. The Morgan fingerprint density at radius 3 is 2.82 bits per heavy atom. The molecule has 0 bridgehead atoms. The highest BCUT2D eigenvalue weighted by atomic mass is 79.9. The quantitative estimate of drug-likeness (QED) is 0.825. The van der Waals surface area contributed by atoms with Crippen molar-refractivity contribution in [1.82, 2.24) is 5.32 Å². The van der Waals surface area contributed by atoms with E-state index in [9.17, 15) is 4.79 Å². The number of carbonyl (C=O) groups is 1. The third-order valence-corrected chi connectivity index (χ3v) is 4.53. The molecule has 1 aromatic carbocycles. The molecule has 1 amide bonds. The van der Waals surface area contributed by atoms with Crippen molar-refractivity contribution in [3.05, 3.63) is 28.2 Å². The summed E-state index contributed by atoms with van der Waals surface area (Å²) in [6, 6.07) is 5.59. The minimum absolute atomic E-state index is 0.0407. The molecule has 2 rings (SSSR count). The van der Waals surface area contributed by atoms with Crippen LogP contribution in [0.5, 0.6) is 0 Å². The van der Waals surface area contributed by atoms with Gasteiger partial charge in [0.05, 0.1) is 5.56 Å². The Bertz CT molecular complexity index is 419. The molecule has 1 aliphatic rings. The van der Waals surface area contributed by atoms with Gasteiger partial charge in [0.25, 0.3) is 5.91 Å². The van der Waals surface area contributed by atoms with Gasteiger partial charge in [0.1, 0.15) is 0 Å². The van der Waals surface area contributed by atoms with E-state index in [1.807, 2.05) is 11.8 Å². The van der Waals surface area contributed by atoms with Crippen LogP contribution in [0.2, 0.25) is 0 Å². The highest BCUT2D eigenvalue weighted by Gasteiger charge is 2.18. The van der Waals surface area contributed by atoms with E-state index in [0.717, 1.165) is 28.8 Å². The van der Waals surface area contributed by atoms with E-state index in [2.05, 4.69) is 21.2 Å². The van der Waals surface area contributed by atoms with Crippen molar-refractivity contribution in [1.29, 1.82) is 0 Å². The molecule has 0 saturated carbocycles. The highest BCUT2D eigenvalue weighted by molar-refractivity contribution is 9.10. The molecule has 0 aliphatic carbocycles. The number of hydrogen-bond donors (Lipinski definition) is 2. The van der Waals surface area contributed by atoms with Crippen LogP contribution in [0.4, 0.5) is 5.69 Å². The van der Waals surface area contributed by atoms with Gasteiger partial charge in [0.2, 0.25) is 0 Å². The van der Waals surface area contributed by atoms with Crippen LogP contribution in [0.3, 0.4) is 0 Å². The van der Waals surface area contributed by atoms with Crippen molar-refractivity contribution in [3.63, 3.8) is 0 Å². The molecule has 0 unspecified atom stereocenters. The van der Waals surface area contributed by atoms with E-state index in [4.69, 9.17) is 5.73 Å². The molecule has 5 heteroatoms. The van der Waals surface area contributed by atoms with Crippen LogP contribution in [-0.4, -0.2) is 23.5 Å². The number of thioether (sulfide) groups is 1. The van der Waals surface area contributed by atoms with Crippen molar-refractivity contribution >= 4 is 39.3 Å². The van der Waals surface area contributed by atoms with Crippen LogP contribution in [0.25, 0.3) is 0 Å². The molecule has 3 nitrogen and oxygen atoms in total. The highest BCUT2D eigenvalue weighted by Crippen LogP contribution is 2.21. The fraction of sp³-hybridized carbons (Fsp3) is 0.417. The Kier molecular flexibility index (Phi) is 4.34. The van der Waals surface area contributed by atoms with Gasteiger partial charge in [-0.05, 0) is 58.5 Å². The first-order valence-electron chi connectivity index (χ1n) is 5.60. The second kappa shape index (κ2) is 5.78. The Morgan fingerprint density at radius 1 is 1.41 bits per heavy atom. The SMILES string of the molecule is Nc1ccc(Br)c(C(=O)NC2CCSCC2)c1. The summed E-state index contributed by atoms with van der Waals surface area (Å²) >= 11 is 5.32. The van der Waals surface area contributed by atoms with Gasteiger partial charge in [-0.25, -0.2) is 0 Å². The van der Waals surface area contributed by atoms with Crippen molar-refractivity contribution < 1.29 is 4.79 Å². The summed E-state index contributed by atoms with van der Waals surface area (Å²) in [6.07, 6.45) is 2.10. The van der Waals surface area contributed by atoms with Crippen molar-refractivity contribution in [2.75, 3.05) is 17.2 Å². The molecule has 0 spiro atoms. The van der Waals surface area contributed by atoms with E-state index >= 15 is 0 Å². The molecule has 1 heterocycles. The zero-order valence-corrected chi connectivity index (χ0v) is 11.8. The van der Waals surface area contributed by atoms with Crippen molar-refractivity contribution in [2.45, 2.75) is 18.9 Å². The fourth-order valence-corrected chi connectivity index (χ4v) is 3.36. The minimum atomic E-state index is -0.0407. The molecule has 0 radical (unpaired) electrons. The number of nitrogen functional groups attached to an aromatic ring is 1. The third-order valence-electron chi connectivity index (χ3n) is 2.79. The number of amides is 1. The van der Waals surface area contributed by atoms with E-state index in [-0.39, 0.29) is 5.91 Å². The molecule has 1 saturated heterocycles. The van der Waals surface area contributed by atoms with Gasteiger partial charge in [-0.15, -0.1) is 0 Å². The smallest absolute Gasteiger partial charge is 0.252 e. The topological polar surface area (TPSA) is 55.1 Å². The summed E-state index contributed by atoms with van der Waals surface area (Å²) in [5.41, 5.74) is 6.92. The largest absolute Gasteiger partial charge is 0.399 e. The van der Waals surface area contributed by atoms with Gasteiger partial charge in [0.15, 0.2) is 0 Å². The predicted molar refractivity (Wildman–Crippen MR) is 76.4 cm³/mol. The number of nitrogens with two attached hydrogens (primary N) is 1. The molecule has 92 valence electrons. The molecule has 1 aliphatic heterocycles. The average Bonchev–Trinajstić information content (AvgIpc) is 2.33. The van der Waals surface area contributed by atoms with Gasteiger partial charge < -0.3 is 11.1 Å². The fourth-order valence-electron chi connectivity index (χ4n) is 1.82. The van der Waals surface area contributed by atoms with Crippen LogP contribution in [-0.2, 0) is 0 Å². The second-order valence-electron chi connectivity index (χ2n) is 4.10. The van der Waals surface area contributed by atoms with Crippen LogP contribution in [0.15, 0.2) is 22.7 Å². The van der Waals surface area contributed by atoms with Crippen molar-refractivity contribution in [3.8, 4) is 0 Å². The zero-order chi connectivity index (χ0) is 12.3. The Labute approximate surface area is 114 Å². The first-order chi connectivity index (χ1) is 8.16. The van der Waals surface area contributed by atoms with Crippen LogP contribution in [0.1, 0.15) is 23.2 Å². The third kappa shape index (κ3) is 3.39. The number of nitrogens with one attached hydrogen (secondary N) is 1. The predicted octanol–water partition coefficient (Wildman–Crippen LogP) is 2.66. The summed E-state index contributed by atoms with van der Waals surface area (Å²) in [7, 11) is 0. The molecular formula is C12H15BrN2OS. The maximum Gasteiger partial charge on any atom is 0.252 e. The van der Waals surface area contributed by atoms with Crippen LogP contribution >= 0.6 is 27.7 Å². The summed E-state index contributed by atoms with van der Waals surface area (Å²) in [5.74, 6) is 2.22. The lowest BCUT2D eigenvalue weighted by Crippen LogP contribution is -2.37. The second-order valence-corrected chi connectivity index (χ2v) is 6.18.